The van der Waals surface area contributed by atoms with Gasteiger partial charge in [-0.3, -0.25) is 0 Å². The van der Waals surface area contributed by atoms with Crippen LogP contribution >= 0.6 is 0 Å². The van der Waals surface area contributed by atoms with Gasteiger partial charge >= 0.3 is 0 Å². The zero-order valence-electron chi connectivity index (χ0n) is 28.5. The first-order valence-corrected chi connectivity index (χ1v) is 17.8. The Kier molecular flexibility index (Phi) is 6.52. The molecule has 11 rings (SSSR count). The van der Waals surface area contributed by atoms with Crippen LogP contribution in [-0.4, -0.2) is 15.0 Å². The Bertz CT molecular complexity index is 3220. The Morgan fingerprint density at radius 3 is 1.53 bits per heavy atom. The van der Waals surface area contributed by atoms with E-state index in [1.165, 1.54) is 27.3 Å². The molecule has 0 saturated heterocycles. The number of benzene rings is 9. The van der Waals surface area contributed by atoms with Crippen LogP contribution in [0.1, 0.15) is 0 Å². The number of hydrogen-bond acceptors (Lipinski definition) is 4. The predicted molar refractivity (Wildman–Crippen MR) is 219 cm³/mol. The summed E-state index contributed by atoms with van der Waals surface area (Å²) in [5, 5.41) is 11.5. The smallest absolute Gasteiger partial charge is 0.164 e. The van der Waals surface area contributed by atoms with Crippen LogP contribution in [0.2, 0.25) is 0 Å². The highest BCUT2D eigenvalue weighted by atomic mass is 16.3. The molecule has 0 bridgehead atoms. The maximum Gasteiger partial charge on any atom is 0.164 e. The molecule has 11 aromatic rings. The second kappa shape index (κ2) is 11.7. The van der Waals surface area contributed by atoms with E-state index in [1.54, 1.807) is 0 Å². The van der Waals surface area contributed by atoms with Crippen molar-refractivity contribution in [2.45, 2.75) is 0 Å². The Morgan fingerprint density at radius 2 is 0.792 bits per heavy atom. The van der Waals surface area contributed by atoms with Crippen LogP contribution in [0.4, 0.5) is 0 Å². The van der Waals surface area contributed by atoms with Crippen molar-refractivity contribution in [3.63, 3.8) is 0 Å². The lowest BCUT2D eigenvalue weighted by Crippen LogP contribution is -2.00. The molecule has 9 aromatic carbocycles. The van der Waals surface area contributed by atoms with Gasteiger partial charge in [-0.05, 0) is 85.2 Å². The number of aromatic nitrogens is 3. The largest absolute Gasteiger partial charge is 0.456 e. The van der Waals surface area contributed by atoms with Crippen LogP contribution in [-0.2, 0) is 0 Å². The lowest BCUT2D eigenvalue weighted by molar-refractivity contribution is 0.670. The molecule has 4 heteroatoms. The number of fused-ring (bicyclic) bond motifs is 9. The first kappa shape index (κ1) is 29.5. The van der Waals surface area contributed by atoms with E-state index in [4.69, 9.17) is 19.4 Å². The molecule has 0 aliphatic rings. The summed E-state index contributed by atoms with van der Waals surface area (Å²) in [6.45, 7) is 0. The average molecular weight is 676 g/mol. The summed E-state index contributed by atoms with van der Waals surface area (Å²) in [6, 6.07) is 61.7. The van der Waals surface area contributed by atoms with E-state index in [1.807, 2.05) is 36.4 Å². The van der Waals surface area contributed by atoms with E-state index in [-0.39, 0.29) is 0 Å². The van der Waals surface area contributed by atoms with Crippen molar-refractivity contribution in [3.8, 4) is 45.3 Å². The van der Waals surface area contributed by atoms with E-state index in [0.717, 1.165) is 65.6 Å². The average Bonchev–Trinajstić information content (AvgIpc) is 3.60. The minimum atomic E-state index is 0.627. The molecule has 4 nitrogen and oxygen atoms in total. The molecule has 0 aliphatic carbocycles. The van der Waals surface area contributed by atoms with Gasteiger partial charge in [-0.2, -0.15) is 0 Å². The Morgan fingerprint density at radius 1 is 0.283 bits per heavy atom. The third-order valence-electron chi connectivity index (χ3n) is 10.4. The first-order valence-electron chi connectivity index (χ1n) is 17.8. The summed E-state index contributed by atoms with van der Waals surface area (Å²) in [6.07, 6.45) is 0. The molecule has 2 aromatic heterocycles. The van der Waals surface area contributed by atoms with Gasteiger partial charge in [0.05, 0.1) is 0 Å². The van der Waals surface area contributed by atoms with Crippen molar-refractivity contribution in [2.24, 2.45) is 0 Å². The van der Waals surface area contributed by atoms with Crippen molar-refractivity contribution in [1.82, 2.24) is 15.0 Å². The van der Waals surface area contributed by atoms with Crippen molar-refractivity contribution in [2.75, 3.05) is 0 Å². The third-order valence-corrected chi connectivity index (χ3v) is 10.4. The first-order chi connectivity index (χ1) is 26.2. The molecule has 0 fully saturated rings. The highest BCUT2D eigenvalue weighted by Crippen LogP contribution is 2.41. The van der Waals surface area contributed by atoms with Crippen molar-refractivity contribution in [3.05, 3.63) is 176 Å². The second-order valence-corrected chi connectivity index (χ2v) is 13.7. The molecule has 0 spiro atoms. The Balaban J connectivity index is 1.11. The minimum Gasteiger partial charge on any atom is -0.456 e. The van der Waals surface area contributed by atoms with Gasteiger partial charge in [0.1, 0.15) is 11.2 Å². The van der Waals surface area contributed by atoms with E-state index in [9.17, 15) is 0 Å². The summed E-state index contributed by atoms with van der Waals surface area (Å²) in [7, 11) is 0. The molecular formula is C49H29N3O. The topological polar surface area (TPSA) is 51.8 Å². The maximum atomic E-state index is 6.49. The Labute approximate surface area is 304 Å². The van der Waals surface area contributed by atoms with Gasteiger partial charge in [-0.15, -0.1) is 0 Å². The lowest BCUT2D eigenvalue weighted by atomic mass is 9.95. The van der Waals surface area contributed by atoms with Crippen LogP contribution in [0.15, 0.2) is 180 Å². The lowest BCUT2D eigenvalue weighted by Gasteiger charge is -2.11. The molecule has 53 heavy (non-hydrogen) atoms. The fraction of sp³-hybridized carbons (Fsp3) is 0. The standard InChI is InChI=1S/C49H29N3O/c1-3-9-30(10-4-1)36-18-19-38-26-39(22-20-37(38)25-36)48-50-47(33-11-5-2-6-12-33)51-49(52-48)40-21-16-31-15-17-32-23-24-43-46(45(32)41(31)28-40)42-27-34-13-7-8-14-35(34)29-44(42)53-43/h1-29H. The highest BCUT2D eigenvalue weighted by molar-refractivity contribution is 6.27. The number of hydrogen-bond donors (Lipinski definition) is 0. The van der Waals surface area contributed by atoms with Crippen LogP contribution in [0.3, 0.4) is 0 Å². The fourth-order valence-corrected chi connectivity index (χ4v) is 7.78. The summed E-state index contributed by atoms with van der Waals surface area (Å²) < 4.78 is 6.49. The molecule has 0 saturated carbocycles. The number of rotatable bonds is 4. The summed E-state index contributed by atoms with van der Waals surface area (Å²) >= 11 is 0. The molecule has 0 radical (unpaired) electrons. The van der Waals surface area contributed by atoms with Gasteiger partial charge < -0.3 is 4.42 Å². The predicted octanol–water partition coefficient (Wildman–Crippen LogP) is 13.1. The van der Waals surface area contributed by atoms with E-state index in [0.29, 0.717) is 17.5 Å². The summed E-state index contributed by atoms with van der Waals surface area (Å²) in [4.78, 5) is 15.3. The zero-order chi connectivity index (χ0) is 34.9. The van der Waals surface area contributed by atoms with Gasteiger partial charge in [-0.25, -0.2) is 15.0 Å². The molecule has 0 aliphatic heterocycles. The molecule has 0 unspecified atom stereocenters. The highest BCUT2D eigenvalue weighted by Gasteiger charge is 2.17. The molecule has 0 N–H and O–H groups in total. The van der Waals surface area contributed by atoms with Crippen LogP contribution in [0, 0.1) is 0 Å². The van der Waals surface area contributed by atoms with Gasteiger partial charge in [0, 0.05) is 32.8 Å². The van der Waals surface area contributed by atoms with Crippen LogP contribution < -0.4 is 0 Å². The van der Waals surface area contributed by atoms with Crippen LogP contribution in [0.5, 0.6) is 0 Å². The van der Waals surface area contributed by atoms with Crippen molar-refractivity contribution < 1.29 is 4.42 Å². The fourth-order valence-electron chi connectivity index (χ4n) is 7.78. The normalized spacial score (nSPS) is 11.8. The number of nitrogens with zero attached hydrogens (tertiary/aromatic N) is 3. The SMILES string of the molecule is c1ccc(-c2ccc3cc(-c4nc(-c5ccccc5)nc(-c5ccc6ccc7ccc8oc9cc%10ccccc%10cc9c8c7c6c5)n4)ccc3c2)cc1. The number of furan rings is 1. The molecular weight excluding hydrogens is 647 g/mol. The van der Waals surface area contributed by atoms with Crippen molar-refractivity contribution in [1.29, 1.82) is 0 Å². The minimum absolute atomic E-state index is 0.627. The van der Waals surface area contributed by atoms with Gasteiger partial charge in [0.15, 0.2) is 17.5 Å². The third kappa shape index (κ3) is 4.95. The van der Waals surface area contributed by atoms with Crippen LogP contribution in [0.25, 0.3) is 110 Å². The summed E-state index contributed by atoms with van der Waals surface area (Å²) in [5.41, 5.74) is 6.97. The van der Waals surface area contributed by atoms with Gasteiger partial charge in [-0.1, -0.05) is 140 Å². The van der Waals surface area contributed by atoms with E-state index >= 15 is 0 Å². The van der Waals surface area contributed by atoms with E-state index in [2.05, 4.69) is 140 Å². The quantitative estimate of drug-likeness (QED) is 0.174. The van der Waals surface area contributed by atoms with Gasteiger partial charge in [0.2, 0.25) is 0 Å². The van der Waals surface area contributed by atoms with Crippen molar-refractivity contribution >= 4 is 65.0 Å². The maximum absolute atomic E-state index is 6.49. The van der Waals surface area contributed by atoms with E-state index < -0.39 is 0 Å². The molecule has 246 valence electrons. The zero-order valence-corrected chi connectivity index (χ0v) is 28.5. The summed E-state index contributed by atoms with van der Waals surface area (Å²) in [5.74, 6) is 1.90. The molecule has 2 heterocycles. The Hall–Kier alpha value is -7.17. The molecule has 0 amide bonds. The monoisotopic (exact) mass is 675 g/mol. The van der Waals surface area contributed by atoms with Gasteiger partial charge in [0.25, 0.3) is 0 Å². The molecule has 0 atom stereocenters. The second-order valence-electron chi connectivity index (χ2n) is 13.7.